The summed E-state index contributed by atoms with van der Waals surface area (Å²) in [6.45, 7) is 0. The Morgan fingerprint density at radius 2 is 1.81 bits per heavy atom. The van der Waals surface area contributed by atoms with Crippen molar-refractivity contribution in [2.45, 2.75) is 0 Å². The number of H-pyrrole nitrogens is 2. The predicted molar refractivity (Wildman–Crippen MR) is 90.2 cm³/mol. The largest absolute Gasteiger partial charge is 0.368 e. The first-order valence-electron chi connectivity index (χ1n) is 6.93. The number of halogens is 1. The summed E-state index contributed by atoms with van der Waals surface area (Å²) < 4.78 is 2.72. The number of fused-ring (bicyclic) bond motifs is 2. The van der Waals surface area contributed by atoms with Crippen molar-refractivity contribution in [2.24, 2.45) is 0 Å². The van der Waals surface area contributed by atoms with Crippen LogP contribution in [0.15, 0.2) is 48.3 Å². The predicted octanol–water partition coefficient (Wildman–Crippen LogP) is -0.418. The van der Waals surface area contributed by atoms with Crippen LogP contribution < -0.4 is 11.3 Å². The fourth-order valence-corrected chi connectivity index (χ4v) is 1.86. The molecule has 14 heteroatoms. The molecule has 5 aromatic rings. The molecule has 5 aromatic heterocycles. The van der Waals surface area contributed by atoms with E-state index in [2.05, 4.69) is 45.3 Å². The Morgan fingerprint density at radius 3 is 2.46 bits per heavy atom. The van der Waals surface area contributed by atoms with Crippen LogP contribution in [0.25, 0.3) is 11.6 Å². The lowest BCUT2D eigenvalue weighted by molar-refractivity contribution is 0.899. The Morgan fingerprint density at radius 1 is 1.00 bits per heavy atom. The van der Waals surface area contributed by atoms with Crippen LogP contribution in [0, 0.1) is 0 Å². The first kappa shape index (κ1) is 17.0. The van der Waals surface area contributed by atoms with Crippen molar-refractivity contribution in [1.29, 1.82) is 0 Å². The van der Waals surface area contributed by atoms with Crippen LogP contribution in [0.1, 0.15) is 0 Å². The van der Waals surface area contributed by atoms with Gasteiger partial charge in [-0.2, -0.15) is 24.2 Å². The molecule has 5 heterocycles. The lowest BCUT2D eigenvalue weighted by Gasteiger charge is -1.90. The maximum absolute atomic E-state index is 10.9. The van der Waals surface area contributed by atoms with Crippen molar-refractivity contribution in [3.63, 3.8) is 0 Å². The lowest BCUT2D eigenvalue weighted by atomic mass is 10.7. The molecule has 13 nitrogen and oxygen atoms in total. The smallest absolute Gasteiger partial charge is 0.273 e. The van der Waals surface area contributed by atoms with Crippen molar-refractivity contribution >= 4 is 29.1 Å². The molecule has 0 bridgehead atoms. The van der Waals surface area contributed by atoms with Gasteiger partial charge in [-0.1, -0.05) is 11.6 Å². The van der Waals surface area contributed by atoms with Crippen molar-refractivity contribution in [1.82, 2.24) is 54.3 Å². The molecule has 0 radical (unpaired) electrons. The third kappa shape index (κ3) is 3.96. The van der Waals surface area contributed by atoms with Crippen LogP contribution in [0.2, 0.25) is 5.15 Å². The third-order valence-corrected chi connectivity index (χ3v) is 3.05. The zero-order valence-electron chi connectivity index (χ0n) is 12.9. The molecule has 5 rings (SSSR count). The van der Waals surface area contributed by atoms with E-state index in [4.69, 9.17) is 17.3 Å². The number of hydrogen-bond acceptors (Lipinski definition) is 9. The van der Waals surface area contributed by atoms with Gasteiger partial charge in [-0.25, -0.2) is 25.0 Å². The summed E-state index contributed by atoms with van der Waals surface area (Å²) in [4.78, 5) is 29.8. The monoisotopic (exact) mass is 374 g/mol. The molecule has 0 atom stereocenters. The summed E-state index contributed by atoms with van der Waals surface area (Å²) >= 11 is 5.72. The van der Waals surface area contributed by atoms with Gasteiger partial charge < -0.3 is 5.73 Å². The molecule has 0 saturated carbocycles. The summed E-state index contributed by atoms with van der Waals surface area (Å²) in [7, 11) is 0. The Balaban J connectivity index is 0.000000117. The minimum absolute atomic E-state index is 0.150. The van der Waals surface area contributed by atoms with E-state index in [0.717, 1.165) is 0 Å². The molecular weight excluding hydrogens is 364 g/mol. The van der Waals surface area contributed by atoms with Gasteiger partial charge in [0.15, 0.2) is 0 Å². The van der Waals surface area contributed by atoms with Crippen LogP contribution >= 0.6 is 11.6 Å². The topological polar surface area (TPSA) is 174 Å². The van der Waals surface area contributed by atoms with Gasteiger partial charge in [0.05, 0.1) is 0 Å². The molecule has 0 aliphatic carbocycles. The van der Waals surface area contributed by atoms with Gasteiger partial charge in [0.1, 0.15) is 24.1 Å². The van der Waals surface area contributed by atoms with E-state index < -0.39 is 0 Å². The minimum Gasteiger partial charge on any atom is -0.368 e. The zero-order chi connectivity index (χ0) is 18.4. The van der Waals surface area contributed by atoms with E-state index in [-0.39, 0.29) is 5.56 Å². The second kappa shape index (κ2) is 7.80. The van der Waals surface area contributed by atoms with Crippen molar-refractivity contribution in [3.8, 4) is 0 Å². The Labute approximate surface area is 148 Å². The molecule has 0 aliphatic heterocycles. The molecule has 4 N–H and O–H groups in total. The average Bonchev–Trinajstić information content (AvgIpc) is 3.38. The van der Waals surface area contributed by atoms with Crippen molar-refractivity contribution in [2.75, 3.05) is 5.73 Å². The second-order valence-electron chi connectivity index (χ2n) is 4.42. The molecule has 26 heavy (non-hydrogen) atoms. The van der Waals surface area contributed by atoms with Gasteiger partial charge in [0, 0.05) is 18.5 Å². The van der Waals surface area contributed by atoms with Crippen molar-refractivity contribution < 1.29 is 0 Å². The van der Waals surface area contributed by atoms with E-state index in [0.29, 0.717) is 22.7 Å². The number of anilines is 1. The lowest BCUT2D eigenvalue weighted by Crippen LogP contribution is -2.12. The summed E-state index contributed by atoms with van der Waals surface area (Å²) in [5.74, 6) is 1.27. The van der Waals surface area contributed by atoms with Crippen LogP contribution in [0.3, 0.4) is 0 Å². The van der Waals surface area contributed by atoms with Gasteiger partial charge in [-0.3, -0.25) is 9.89 Å². The number of nitrogens with two attached hydrogens (primary N) is 1. The van der Waals surface area contributed by atoms with Crippen LogP contribution in [-0.4, -0.2) is 54.3 Å². The number of rotatable bonds is 0. The number of aromatic amines is 2. The van der Waals surface area contributed by atoms with E-state index >= 15 is 0 Å². The highest BCUT2D eigenvalue weighted by Gasteiger charge is 1.97. The molecular formula is C12H11ClN12O. The van der Waals surface area contributed by atoms with Crippen LogP contribution in [0.5, 0.6) is 0 Å². The van der Waals surface area contributed by atoms with E-state index in [9.17, 15) is 4.79 Å². The van der Waals surface area contributed by atoms with Gasteiger partial charge in [-0.05, 0) is 6.07 Å². The summed E-state index contributed by atoms with van der Waals surface area (Å²) in [5.41, 5.74) is 4.90. The summed E-state index contributed by atoms with van der Waals surface area (Å²) in [6, 6.07) is 3.02. The number of hydrogen-bond donors (Lipinski definition) is 3. The minimum atomic E-state index is -0.150. The number of aromatic nitrogens is 11. The summed E-state index contributed by atoms with van der Waals surface area (Å²) in [6.07, 6.45) is 7.21. The first-order valence-corrected chi connectivity index (χ1v) is 7.31. The quantitative estimate of drug-likeness (QED) is 0.304. The summed E-state index contributed by atoms with van der Waals surface area (Å²) in [5, 5.41) is 12.8. The van der Waals surface area contributed by atoms with Gasteiger partial charge in [0.2, 0.25) is 5.95 Å². The van der Waals surface area contributed by atoms with Crippen molar-refractivity contribution in [3.05, 3.63) is 59.0 Å². The number of nitrogen functional groups attached to an aromatic ring is 1. The second-order valence-corrected chi connectivity index (χ2v) is 4.80. The fraction of sp³-hybridized carbons (Fsp3) is 0. The molecule has 0 aliphatic rings. The maximum atomic E-state index is 10.9. The normalized spacial score (nSPS) is 10.0. The van der Waals surface area contributed by atoms with Gasteiger partial charge in [0.25, 0.3) is 17.1 Å². The number of nitrogens with one attached hydrogen (secondary N) is 2. The third-order valence-electron chi connectivity index (χ3n) is 2.76. The molecule has 0 amide bonds. The molecule has 0 saturated heterocycles. The van der Waals surface area contributed by atoms with E-state index in [1.54, 1.807) is 12.3 Å². The average molecular weight is 375 g/mol. The molecule has 0 fully saturated rings. The molecule has 0 spiro atoms. The van der Waals surface area contributed by atoms with E-state index in [1.807, 2.05) is 0 Å². The standard InChI is InChI=1S/C5H3ClN4.C5H4N4O.C2H4N4/c6-4-1-2-7-5-8-3-9-10(4)5;10-4-1-2-6-5-7-3-8-9(4)5;3-2-4-1-5-6-2/h1-3H;1-3H,(H,6,7,8);1H,(H3,3,4,5,6). The highest BCUT2D eigenvalue weighted by molar-refractivity contribution is 6.29. The highest BCUT2D eigenvalue weighted by Crippen LogP contribution is 2.05. The highest BCUT2D eigenvalue weighted by atomic mass is 35.5. The number of nitrogens with zero attached hydrogens (tertiary/aromatic N) is 9. The Hall–Kier alpha value is -3.87. The van der Waals surface area contributed by atoms with Gasteiger partial charge >= 0.3 is 0 Å². The first-order chi connectivity index (χ1) is 12.6. The van der Waals surface area contributed by atoms with E-state index in [1.165, 1.54) is 40.3 Å². The van der Waals surface area contributed by atoms with Crippen LogP contribution in [-0.2, 0) is 0 Å². The Bertz CT molecular complexity index is 1140. The zero-order valence-corrected chi connectivity index (χ0v) is 13.7. The fourth-order valence-electron chi connectivity index (χ4n) is 1.68. The maximum Gasteiger partial charge on any atom is 0.273 e. The van der Waals surface area contributed by atoms with Crippen LogP contribution in [0.4, 0.5) is 5.95 Å². The molecule has 0 unspecified atom stereocenters. The molecule has 0 aromatic carbocycles. The molecule has 132 valence electrons. The Kier molecular flexibility index (Phi) is 5.09. The van der Waals surface area contributed by atoms with Gasteiger partial charge in [-0.15, -0.1) is 0 Å². The SMILES string of the molecule is Clc1ccnc2ncnn12.Nc1ncn[nH]1.O=c1ccnc2nc[nH]n12.